The predicted octanol–water partition coefficient (Wildman–Crippen LogP) is 4.50. The molecule has 1 unspecified atom stereocenters. The van der Waals surface area contributed by atoms with E-state index >= 15 is 0 Å². The van der Waals surface area contributed by atoms with Crippen LogP contribution in [0.25, 0.3) is 22.2 Å². The maximum absolute atomic E-state index is 12.8. The Hall–Kier alpha value is -3.75. The number of anilines is 2. The van der Waals surface area contributed by atoms with Gasteiger partial charge in [0, 0.05) is 42.9 Å². The zero-order valence-electron chi connectivity index (χ0n) is 19.4. The summed E-state index contributed by atoms with van der Waals surface area (Å²) in [7, 11) is 1.90. The molecule has 3 heterocycles. The minimum absolute atomic E-state index is 0.183. The number of benzene rings is 1. The van der Waals surface area contributed by atoms with Gasteiger partial charge in [0.2, 0.25) is 17.6 Å². The third kappa shape index (κ3) is 5.19. The van der Waals surface area contributed by atoms with E-state index in [-0.39, 0.29) is 5.91 Å². The van der Waals surface area contributed by atoms with E-state index in [1.165, 1.54) is 12.8 Å². The van der Waals surface area contributed by atoms with Crippen LogP contribution in [-0.2, 0) is 18.3 Å². The van der Waals surface area contributed by atoms with Gasteiger partial charge in [-0.25, -0.2) is 4.98 Å². The summed E-state index contributed by atoms with van der Waals surface area (Å²) >= 11 is 0. The van der Waals surface area contributed by atoms with Crippen LogP contribution in [-0.4, -0.2) is 36.9 Å². The van der Waals surface area contributed by atoms with E-state index in [0.29, 0.717) is 23.4 Å². The van der Waals surface area contributed by atoms with Crippen molar-refractivity contribution in [2.45, 2.75) is 52.5 Å². The summed E-state index contributed by atoms with van der Waals surface area (Å²) in [5.74, 6) is 2.00. The number of amides is 1. The molecule has 1 atom stereocenters. The average molecular weight is 448 g/mol. The van der Waals surface area contributed by atoms with Gasteiger partial charge in [0.05, 0.1) is 0 Å². The Labute approximate surface area is 192 Å². The van der Waals surface area contributed by atoms with Gasteiger partial charge in [-0.2, -0.15) is 10.1 Å². The predicted molar refractivity (Wildman–Crippen MR) is 128 cm³/mol. The van der Waals surface area contributed by atoms with Gasteiger partial charge in [0.25, 0.3) is 0 Å². The molecule has 0 aliphatic rings. The Morgan fingerprint density at radius 2 is 2.06 bits per heavy atom. The molecule has 0 radical (unpaired) electrons. The number of hydrogen-bond acceptors (Lipinski definition) is 7. The lowest BCUT2D eigenvalue weighted by Gasteiger charge is -2.15. The normalized spacial score (nSPS) is 12.1. The molecule has 0 fully saturated rings. The molecule has 1 amide bonds. The lowest BCUT2D eigenvalue weighted by molar-refractivity contribution is -0.116. The fourth-order valence-corrected chi connectivity index (χ4v) is 3.70. The van der Waals surface area contributed by atoms with E-state index in [1.807, 2.05) is 42.1 Å². The lowest BCUT2D eigenvalue weighted by atomic mass is 10.1. The van der Waals surface area contributed by atoms with E-state index < -0.39 is 6.04 Å². The first-order valence-electron chi connectivity index (χ1n) is 11.2. The zero-order valence-corrected chi connectivity index (χ0v) is 19.4. The highest BCUT2D eigenvalue weighted by Crippen LogP contribution is 2.27. The molecule has 1 aromatic carbocycles. The average Bonchev–Trinajstić information content (AvgIpc) is 3.39. The van der Waals surface area contributed by atoms with Gasteiger partial charge < -0.3 is 15.2 Å². The molecule has 0 bridgehead atoms. The Balaban J connectivity index is 1.48. The number of hydrogen-bond donors (Lipinski definition) is 2. The minimum atomic E-state index is -0.523. The van der Waals surface area contributed by atoms with Crippen LogP contribution in [0.3, 0.4) is 0 Å². The third-order valence-corrected chi connectivity index (χ3v) is 5.56. The number of fused-ring (bicyclic) bond motifs is 1. The number of unbranched alkanes of at least 4 members (excludes halogenated alkanes) is 2. The van der Waals surface area contributed by atoms with Gasteiger partial charge in [0.15, 0.2) is 5.82 Å². The van der Waals surface area contributed by atoms with Crippen molar-refractivity contribution < 1.29 is 9.32 Å². The van der Waals surface area contributed by atoms with Crippen LogP contribution in [0.4, 0.5) is 11.6 Å². The Kier molecular flexibility index (Phi) is 6.67. The molecule has 4 rings (SSSR count). The van der Waals surface area contributed by atoms with E-state index in [4.69, 9.17) is 4.52 Å². The highest BCUT2D eigenvalue weighted by atomic mass is 16.5. The standard InChI is InChI=1S/C24H29N7O2/c1-5-6-7-8-19-14-21(29-31(19)4)28-24(32)15(2)26-23-20-13-18(22-27-16(3)33-30-22)10-9-17(20)11-12-25-23/h9-15H,5-8H2,1-4H3,(H,25,26)(H,28,29,32). The zero-order chi connectivity index (χ0) is 23.4. The number of aromatic nitrogens is 5. The van der Waals surface area contributed by atoms with Gasteiger partial charge in [0.1, 0.15) is 11.9 Å². The number of rotatable bonds is 9. The Bertz CT molecular complexity index is 1260. The molecule has 3 aromatic heterocycles. The van der Waals surface area contributed by atoms with Crippen LogP contribution in [0.1, 0.15) is 44.7 Å². The van der Waals surface area contributed by atoms with Gasteiger partial charge in [-0.3, -0.25) is 9.48 Å². The van der Waals surface area contributed by atoms with Crippen LogP contribution >= 0.6 is 0 Å². The summed E-state index contributed by atoms with van der Waals surface area (Å²) in [6.07, 6.45) is 6.13. The fourth-order valence-electron chi connectivity index (χ4n) is 3.70. The first kappa shape index (κ1) is 22.4. The molecule has 9 nitrogen and oxygen atoms in total. The number of carbonyl (C=O) groups is 1. The van der Waals surface area contributed by atoms with Crippen LogP contribution in [0.15, 0.2) is 41.1 Å². The van der Waals surface area contributed by atoms with Crippen molar-refractivity contribution in [3.05, 3.63) is 48.1 Å². The third-order valence-electron chi connectivity index (χ3n) is 5.56. The van der Waals surface area contributed by atoms with Crippen molar-refractivity contribution in [1.29, 1.82) is 0 Å². The molecule has 9 heteroatoms. The second kappa shape index (κ2) is 9.81. The molecule has 4 aromatic rings. The van der Waals surface area contributed by atoms with Crippen molar-refractivity contribution in [1.82, 2.24) is 24.9 Å². The number of carbonyl (C=O) groups excluding carboxylic acids is 1. The van der Waals surface area contributed by atoms with Crippen LogP contribution < -0.4 is 10.6 Å². The summed E-state index contributed by atoms with van der Waals surface area (Å²) in [6.45, 7) is 5.73. The molecule has 0 aliphatic heterocycles. The molecule has 33 heavy (non-hydrogen) atoms. The summed E-state index contributed by atoms with van der Waals surface area (Å²) in [5.41, 5.74) is 1.93. The summed E-state index contributed by atoms with van der Waals surface area (Å²) in [6, 6.07) is 9.19. The molecule has 0 aliphatic carbocycles. The summed E-state index contributed by atoms with van der Waals surface area (Å²) in [4.78, 5) is 21.6. The molecule has 172 valence electrons. The molecule has 0 saturated heterocycles. The van der Waals surface area contributed by atoms with Crippen LogP contribution in [0, 0.1) is 6.92 Å². The van der Waals surface area contributed by atoms with Crippen LogP contribution in [0.2, 0.25) is 0 Å². The van der Waals surface area contributed by atoms with E-state index in [0.717, 1.165) is 34.9 Å². The Morgan fingerprint density at radius 1 is 1.21 bits per heavy atom. The Morgan fingerprint density at radius 3 is 2.82 bits per heavy atom. The van der Waals surface area contributed by atoms with Crippen LogP contribution in [0.5, 0.6) is 0 Å². The van der Waals surface area contributed by atoms with E-state index in [9.17, 15) is 4.79 Å². The van der Waals surface area contributed by atoms with E-state index in [2.05, 4.69) is 37.8 Å². The van der Waals surface area contributed by atoms with Gasteiger partial charge in [-0.05, 0) is 37.3 Å². The quantitative estimate of drug-likeness (QED) is 0.363. The molecular formula is C24H29N7O2. The number of pyridine rings is 1. The lowest BCUT2D eigenvalue weighted by Crippen LogP contribution is -2.32. The first-order valence-corrected chi connectivity index (χ1v) is 11.2. The number of aryl methyl sites for hydroxylation is 3. The summed E-state index contributed by atoms with van der Waals surface area (Å²) in [5, 5.41) is 16.4. The summed E-state index contributed by atoms with van der Waals surface area (Å²) < 4.78 is 6.93. The molecule has 0 saturated carbocycles. The van der Waals surface area contributed by atoms with Crippen molar-refractivity contribution >= 4 is 28.3 Å². The maximum Gasteiger partial charge on any atom is 0.247 e. The van der Waals surface area contributed by atoms with Crippen molar-refractivity contribution in [3.63, 3.8) is 0 Å². The second-order valence-corrected chi connectivity index (χ2v) is 8.19. The van der Waals surface area contributed by atoms with Gasteiger partial charge in [-0.15, -0.1) is 0 Å². The van der Waals surface area contributed by atoms with Crippen molar-refractivity contribution in [2.24, 2.45) is 7.05 Å². The largest absolute Gasteiger partial charge is 0.358 e. The monoisotopic (exact) mass is 447 g/mol. The van der Waals surface area contributed by atoms with E-state index in [1.54, 1.807) is 20.0 Å². The smallest absolute Gasteiger partial charge is 0.247 e. The first-order chi connectivity index (χ1) is 15.9. The molecular weight excluding hydrogens is 418 g/mol. The molecule has 0 spiro atoms. The number of nitrogens with zero attached hydrogens (tertiary/aromatic N) is 5. The van der Waals surface area contributed by atoms with Gasteiger partial charge >= 0.3 is 0 Å². The second-order valence-electron chi connectivity index (χ2n) is 8.19. The number of nitrogens with one attached hydrogen (secondary N) is 2. The molecule has 2 N–H and O–H groups in total. The highest BCUT2D eigenvalue weighted by Gasteiger charge is 2.17. The van der Waals surface area contributed by atoms with Crippen molar-refractivity contribution in [3.8, 4) is 11.4 Å². The fraction of sp³-hybridized carbons (Fsp3) is 0.375. The topological polar surface area (TPSA) is 111 Å². The highest BCUT2D eigenvalue weighted by molar-refractivity contribution is 5.99. The SMILES string of the molecule is CCCCCc1cc(NC(=O)C(C)Nc2nccc3ccc(-c4noc(C)n4)cc23)nn1C. The maximum atomic E-state index is 12.8. The van der Waals surface area contributed by atoms with Crippen molar-refractivity contribution in [2.75, 3.05) is 10.6 Å². The van der Waals surface area contributed by atoms with Gasteiger partial charge in [-0.1, -0.05) is 37.1 Å². The minimum Gasteiger partial charge on any atom is -0.358 e.